The van der Waals surface area contributed by atoms with Gasteiger partial charge in [-0.15, -0.1) is 0 Å². The maximum Gasteiger partial charge on any atom is 0.308 e. The second-order valence-electron chi connectivity index (χ2n) is 9.95. The molecule has 1 saturated carbocycles. The van der Waals surface area contributed by atoms with E-state index in [4.69, 9.17) is 14.2 Å². The maximum absolute atomic E-state index is 12.6. The molecule has 0 unspecified atom stereocenters. The van der Waals surface area contributed by atoms with Crippen LogP contribution in [-0.2, 0) is 16.1 Å². The highest BCUT2D eigenvalue weighted by Gasteiger charge is 2.28. The molecule has 1 N–H and O–H groups in total. The molecule has 4 rings (SSSR count). The van der Waals surface area contributed by atoms with E-state index in [1.807, 2.05) is 49.4 Å². The molecule has 40 heavy (non-hydrogen) atoms. The monoisotopic (exact) mass is 543 g/mol. The summed E-state index contributed by atoms with van der Waals surface area (Å²) in [5.41, 5.74) is 2.24. The minimum Gasteiger partial charge on any atom is -0.490 e. The number of nitrogens with one attached hydrogen (secondary N) is 1. The van der Waals surface area contributed by atoms with Gasteiger partial charge in [-0.1, -0.05) is 30.3 Å². The molecule has 210 valence electrons. The van der Waals surface area contributed by atoms with E-state index in [9.17, 15) is 14.4 Å². The van der Waals surface area contributed by atoms with Crippen LogP contribution in [0.3, 0.4) is 0 Å². The molecule has 7 heteroatoms. The highest BCUT2D eigenvalue weighted by atomic mass is 16.5. The lowest BCUT2D eigenvalue weighted by molar-refractivity contribution is -0.149. The van der Waals surface area contributed by atoms with Crippen LogP contribution in [0.15, 0.2) is 78.9 Å². The molecule has 0 spiro atoms. The van der Waals surface area contributed by atoms with E-state index in [0.29, 0.717) is 49.5 Å². The largest absolute Gasteiger partial charge is 0.490 e. The zero-order valence-electron chi connectivity index (χ0n) is 23.0. The van der Waals surface area contributed by atoms with Gasteiger partial charge in [0.05, 0.1) is 18.6 Å². The fourth-order valence-corrected chi connectivity index (χ4v) is 4.73. The first-order valence-corrected chi connectivity index (χ1v) is 14.0. The topological polar surface area (TPSA) is 90.9 Å². The molecule has 0 bridgehead atoms. The van der Waals surface area contributed by atoms with Crippen LogP contribution in [0.5, 0.6) is 11.5 Å². The van der Waals surface area contributed by atoms with Crippen molar-refractivity contribution >= 4 is 17.7 Å². The molecule has 3 aromatic rings. The van der Waals surface area contributed by atoms with E-state index in [2.05, 4.69) is 5.32 Å². The molecule has 1 amide bonds. The number of ketones is 1. The van der Waals surface area contributed by atoms with Crippen LogP contribution in [0.1, 0.15) is 71.7 Å². The third-order valence-electron chi connectivity index (χ3n) is 7.00. The van der Waals surface area contributed by atoms with Crippen LogP contribution >= 0.6 is 0 Å². The second kappa shape index (κ2) is 14.9. The minimum absolute atomic E-state index is 0.0238. The number of esters is 1. The van der Waals surface area contributed by atoms with Gasteiger partial charge in [0.15, 0.2) is 5.78 Å². The molecular weight excluding hydrogens is 506 g/mol. The molecule has 0 aromatic heterocycles. The molecule has 7 nitrogen and oxygen atoms in total. The molecular formula is C33H37NO6. The van der Waals surface area contributed by atoms with Crippen molar-refractivity contribution in [1.29, 1.82) is 0 Å². The Morgan fingerprint density at radius 2 is 1.45 bits per heavy atom. The summed E-state index contributed by atoms with van der Waals surface area (Å²) in [6.45, 7) is 3.11. The number of carbonyl (C=O) groups excluding carboxylic acids is 3. The Morgan fingerprint density at radius 3 is 2.12 bits per heavy atom. The molecule has 3 aromatic carbocycles. The van der Waals surface area contributed by atoms with Gasteiger partial charge in [-0.05, 0) is 93.1 Å². The van der Waals surface area contributed by atoms with Gasteiger partial charge in [-0.3, -0.25) is 14.4 Å². The summed E-state index contributed by atoms with van der Waals surface area (Å²) in [4.78, 5) is 37.0. The van der Waals surface area contributed by atoms with Crippen molar-refractivity contribution in [3.63, 3.8) is 0 Å². The van der Waals surface area contributed by atoms with Crippen LogP contribution in [0.2, 0.25) is 0 Å². The van der Waals surface area contributed by atoms with Crippen LogP contribution in [-0.4, -0.2) is 36.9 Å². The van der Waals surface area contributed by atoms with Crippen molar-refractivity contribution in [2.75, 3.05) is 13.2 Å². The third kappa shape index (κ3) is 8.70. The Labute approximate surface area is 235 Å². The van der Waals surface area contributed by atoms with Crippen LogP contribution in [0.4, 0.5) is 0 Å². The number of amides is 1. The van der Waals surface area contributed by atoms with E-state index in [1.54, 1.807) is 36.4 Å². The average molecular weight is 544 g/mol. The highest BCUT2D eigenvalue weighted by Crippen LogP contribution is 2.29. The summed E-state index contributed by atoms with van der Waals surface area (Å²) in [6.07, 6.45) is 4.10. The van der Waals surface area contributed by atoms with E-state index >= 15 is 0 Å². The Bertz CT molecular complexity index is 1230. The standard InChI is InChI=1S/C33H37NO6/c1-2-38-33(37)27-14-20-30(21-15-27)40-29-18-10-25(11-19-29)31(35)9-6-22-34-32(36)26-12-16-28(17-13-26)39-23-24-7-4-3-5-8-24/h3-5,7-8,10-13,16-19,27,30H,2,6,9,14-15,20-23H2,1H3,(H,34,36). The van der Waals surface area contributed by atoms with Gasteiger partial charge in [-0.2, -0.15) is 0 Å². The first-order valence-electron chi connectivity index (χ1n) is 14.0. The van der Waals surface area contributed by atoms with Gasteiger partial charge < -0.3 is 19.5 Å². The summed E-state index contributed by atoms with van der Waals surface area (Å²) < 4.78 is 17.0. The summed E-state index contributed by atoms with van der Waals surface area (Å²) in [6, 6.07) is 24.1. The first-order chi connectivity index (χ1) is 19.5. The molecule has 1 aliphatic carbocycles. The lowest BCUT2D eigenvalue weighted by Gasteiger charge is -2.27. The van der Waals surface area contributed by atoms with Crippen LogP contribution < -0.4 is 14.8 Å². The zero-order valence-corrected chi connectivity index (χ0v) is 23.0. The maximum atomic E-state index is 12.6. The van der Waals surface area contributed by atoms with Gasteiger partial charge in [-0.25, -0.2) is 0 Å². The van der Waals surface area contributed by atoms with Crippen LogP contribution in [0, 0.1) is 5.92 Å². The molecule has 1 aliphatic rings. The third-order valence-corrected chi connectivity index (χ3v) is 7.00. The lowest BCUT2D eigenvalue weighted by atomic mass is 9.87. The average Bonchev–Trinajstić information content (AvgIpc) is 2.99. The number of benzene rings is 3. The predicted molar refractivity (Wildman–Crippen MR) is 153 cm³/mol. The van der Waals surface area contributed by atoms with Crippen molar-refractivity contribution in [2.45, 2.75) is 58.2 Å². The molecule has 0 atom stereocenters. The smallest absolute Gasteiger partial charge is 0.308 e. The summed E-state index contributed by atoms with van der Waals surface area (Å²) in [7, 11) is 0. The number of rotatable bonds is 13. The Kier molecular flexibility index (Phi) is 10.7. The first kappa shape index (κ1) is 28.9. The fraction of sp³-hybridized carbons (Fsp3) is 0.364. The number of ether oxygens (including phenoxy) is 3. The minimum atomic E-state index is -0.181. The molecule has 0 heterocycles. The number of carbonyl (C=O) groups is 3. The van der Waals surface area contributed by atoms with Gasteiger partial charge in [0.25, 0.3) is 5.91 Å². The van der Waals surface area contributed by atoms with E-state index in [-0.39, 0.29) is 29.7 Å². The van der Waals surface area contributed by atoms with Crippen molar-refractivity contribution in [1.82, 2.24) is 5.32 Å². The summed E-state index contributed by atoms with van der Waals surface area (Å²) in [5.74, 6) is 1.12. The van der Waals surface area contributed by atoms with Crippen molar-refractivity contribution in [3.8, 4) is 11.5 Å². The summed E-state index contributed by atoms with van der Waals surface area (Å²) in [5, 5.41) is 2.87. The zero-order chi connectivity index (χ0) is 28.2. The van der Waals surface area contributed by atoms with Crippen molar-refractivity contribution < 1.29 is 28.6 Å². The van der Waals surface area contributed by atoms with Gasteiger partial charge >= 0.3 is 5.97 Å². The van der Waals surface area contributed by atoms with E-state index in [0.717, 1.165) is 37.0 Å². The molecule has 1 fully saturated rings. The Morgan fingerprint density at radius 1 is 0.800 bits per heavy atom. The van der Waals surface area contributed by atoms with Crippen molar-refractivity contribution in [3.05, 3.63) is 95.6 Å². The lowest BCUT2D eigenvalue weighted by Crippen LogP contribution is -2.29. The second-order valence-corrected chi connectivity index (χ2v) is 9.95. The Hall–Kier alpha value is -4.13. The normalized spacial score (nSPS) is 16.5. The van der Waals surface area contributed by atoms with Gasteiger partial charge in [0.2, 0.25) is 0 Å². The van der Waals surface area contributed by atoms with Crippen LogP contribution in [0.25, 0.3) is 0 Å². The summed E-state index contributed by atoms with van der Waals surface area (Å²) >= 11 is 0. The van der Waals surface area contributed by atoms with Crippen molar-refractivity contribution in [2.24, 2.45) is 5.92 Å². The number of hydrogen-bond acceptors (Lipinski definition) is 6. The van der Waals surface area contributed by atoms with Gasteiger partial charge in [0, 0.05) is 24.1 Å². The van der Waals surface area contributed by atoms with E-state index < -0.39 is 0 Å². The predicted octanol–water partition coefficient (Wildman–Crippen LogP) is 6.16. The quantitative estimate of drug-likeness (QED) is 0.158. The molecule has 0 radical (unpaired) electrons. The number of hydrogen-bond donors (Lipinski definition) is 1. The number of Topliss-reactive ketones (excluding diaryl/α,β-unsaturated/α-hetero) is 1. The fourth-order valence-electron chi connectivity index (χ4n) is 4.73. The van der Waals surface area contributed by atoms with Gasteiger partial charge in [0.1, 0.15) is 18.1 Å². The highest BCUT2D eigenvalue weighted by molar-refractivity contribution is 5.96. The Balaban J connectivity index is 1.13. The molecule has 0 saturated heterocycles. The molecule has 0 aliphatic heterocycles. The SMILES string of the molecule is CCOC(=O)C1CCC(Oc2ccc(C(=O)CCCNC(=O)c3ccc(OCc4ccccc4)cc3)cc2)CC1. The van der Waals surface area contributed by atoms with E-state index in [1.165, 1.54) is 0 Å².